The lowest BCUT2D eigenvalue weighted by molar-refractivity contribution is -0.118. The fourth-order valence-electron chi connectivity index (χ4n) is 3.81. The van der Waals surface area contributed by atoms with Gasteiger partial charge in [-0.3, -0.25) is 4.79 Å². The van der Waals surface area contributed by atoms with Crippen LogP contribution in [0.4, 0.5) is 5.00 Å². The predicted octanol–water partition coefficient (Wildman–Crippen LogP) is 5.77. The molecule has 3 rings (SSSR count). The molecule has 0 fully saturated rings. The molecule has 1 aliphatic carbocycles. The molecule has 162 valence electrons. The lowest BCUT2D eigenvalue weighted by Gasteiger charge is -2.33. The van der Waals surface area contributed by atoms with Crippen molar-refractivity contribution >= 4 is 44.1 Å². The highest BCUT2D eigenvalue weighted by atomic mass is 79.9. The van der Waals surface area contributed by atoms with Gasteiger partial charge < -0.3 is 14.8 Å². The summed E-state index contributed by atoms with van der Waals surface area (Å²) < 4.78 is 11.6. The third-order valence-corrected chi connectivity index (χ3v) is 7.29. The van der Waals surface area contributed by atoms with Crippen molar-refractivity contribution in [1.82, 2.24) is 0 Å². The zero-order valence-electron chi connectivity index (χ0n) is 18.1. The third kappa shape index (κ3) is 5.06. The number of carbonyl (C=O) groups is 2. The van der Waals surface area contributed by atoms with Crippen LogP contribution in [0.15, 0.2) is 22.7 Å². The van der Waals surface area contributed by atoms with Crippen LogP contribution in [0.2, 0.25) is 0 Å². The third-order valence-electron chi connectivity index (χ3n) is 5.63. The highest BCUT2D eigenvalue weighted by Gasteiger charge is 2.34. The Labute approximate surface area is 190 Å². The summed E-state index contributed by atoms with van der Waals surface area (Å²) in [5.74, 6) is 0.497. The smallest absolute Gasteiger partial charge is 0.341 e. The molecule has 7 heteroatoms. The van der Waals surface area contributed by atoms with Gasteiger partial charge in [0.2, 0.25) is 0 Å². The number of nitrogens with one attached hydrogen (secondary N) is 1. The van der Waals surface area contributed by atoms with Crippen LogP contribution < -0.4 is 10.1 Å². The van der Waals surface area contributed by atoms with Crippen LogP contribution in [-0.4, -0.2) is 25.6 Å². The molecule has 0 saturated heterocycles. The first-order valence-corrected chi connectivity index (χ1v) is 11.6. The maximum atomic E-state index is 12.6. The molecular weight excluding hydrogens is 466 g/mol. The van der Waals surface area contributed by atoms with Crippen molar-refractivity contribution in [3.8, 4) is 5.75 Å². The number of fused-ring (bicyclic) bond motifs is 1. The van der Waals surface area contributed by atoms with E-state index in [0.29, 0.717) is 22.2 Å². The Morgan fingerprint density at radius 3 is 2.67 bits per heavy atom. The van der Waals surface area contributed by atoms with Crippen LogP contribution in [-0.2, 0) is 22.4 Å². The van der Waals surface area contributed by atoms with Crippen molar-refractivity contribution in [2.45, 2.75) is 47.0 Å². The minimum atomic E-state index is -0.401. The summed E-state index contributed by atoms with van der Waals surface area (Å²) in [5, 5.41) is 3.44. The van der Waals surface area contributed by atoms with Gasteiger partial charge in [0.15, 0.2) is 6.61 Å². The quantitative estimate of drug-likeness (QED) is 0.536. The minimum absolute atomic E-state index is 0.129. The van der Waals surface area contributed by atoms with E-state index in [-0.39, 0.29) is 17.9 Å². The van der Waals surface area contributed by atoms with Crippen molar-refractivity contribution < 1.29 is 19.1 Å². The van der Waals surface area contributed by atoms with Gasteiger partial charge in [-0.2, -0.15) is 0 Å². The molecule has 1 heterocycles. The SMILES string of the molecule is COC(=O)c1c(NC(=O)COc2ccc(Br)cc2C)sc2c1CCC(C(C)(C)C)C2. The van der Waals surface area contributed by atoms with Crippen LogP contribution in [0.1, 0.15) is 53.6 Å². The molecular formula is C23H28BrNO4S. The number of carbonyl (C=O) groups excluding carboxylic acids is 2. The van der Waals surface area contributed by atoms with E-state index in [2.05, 4.69) is 42.0 Å². The van der Waals surface area contributed by atoms with E-state index >= 15 is 0 Å². The molecule has 5 nitrogen and oxygen atoms in total. The van der Waals surface area contributed by atoms with Crippen LogP contribution in [0.25, 0.3) is 0 Å². The van der Waals surface area contributed by atoms with Gasteiger partial charge in [0.05, 0.1) is 12.7 Å². The van der Waals surface area contributed by atoms with Crippen molar-refractivity contribution in [3.05, 3.63) is 44.2 Å². The van der Waals surface area contributed by atoms with Gasteiger partial charge in [-0.1, -0.05) is 36.7 Å². The molecule has 1 unspecified atom stereocenters. The summed E-state index contributed by atoms with van der Waals surface area (Å²) in [6.07, 6.45) is 2.76. The number of esters is 1. The van der Waals surface area contributed by atoms with Crippen LogP contribution in [0.5, 0.6) is 5.75 Å². The second-order valence-corrected chi connectivity index (χ2v) is 10.8. The van der Waals surface area contributed by atoms with E-state index in [1.807, 2.05) is 25.1 Å². The molecule has 1 aliphatic rings. The van der Waals surface area contributed by atoms with Crippen LogP contribution >= 0.6 is 27.3 Å². The molecule has 0 saturated carbocycles. The highest BCUT2D eigenvalue weighted by molar-refractivity contribution is 9.10. The number of benzene rings is 1. The van der Waals surface area contributed by atoms with Gasteiger partial charge in [-0.25, -0.2) is 4.79 Å². The monoisotopic (exact) mass is 493 g/mol. The summed E-state index contributed by atoms with van der Waals surface area (Å²) in [5.41, 5.74) is 2.66. The summed E-state index contributed by atoms with van der Waals surface area (Å²) in [7, 11) is 1.37. The Hall–Kier alpha value is -1.86. The molecule has 1 N–H and O–H groups in total. The van der Waals surface area contributed by atoms with Crippen molar-refractivity contribution in [2.24, 2.45) is 11.3 Å². The number of ether oxygens (including phenoxy) is 2. The van der Waals surface area contributed by atoms with Crippen molar-refractivity contribution in [3.63, 3.8) is 0 Å². The van der Waals surface area contributed by atoms with Crippen LogP contribution in [0, 0.1) is 18.3 Å². The second-order valence-electron chi connectivity index (χ2n) is 8.75. The summed E-state index contributed by atoms with van der Waals surface area (Å²) in [4.78, 5) is 26.2. The number of hydrogen-bond acceptors (Lipinski definition) is 5. The lowest BCUT2D eigenvalue weighted by Crippen LogP contribution is -2.26. The van der Waals surface area contributed by atoms with Crippen LogP contribution in [0.3, 0.4) is 0 Å². The fraction of sp³-hybridized carbons (Fsp3) is 0.478. The fourth-order valence-corrected chi connectivity index (χ4v) is 5.62. The Kier molecular flexibility index (Phi) is 6.92. The Morgan fingerprint density at radius 2 is 2.03 bits per heavy atom. The largest absolute Gasteiger partial charge is 0.483 e. The molecule has 1 atom stereocenters. The maximum Gasteiger partial charge on any atom is 0.341 e. The number of thiophene rings is 1. The predicted molar refractivity (Wildman–Crippen MR) is 124 cm³/mol. The van der Waals surface area contributed by atoms with E-state index < -0.39 is 5.97 Å². The average molecular weight is 494 g/mol. The van der Waals surface area contributed by atoms with Gasteiger partial charge in [0.1, 0.15) is 10.8 Å². The summed E-state index contributed by atoms with van der Waals surface area (Å²) >= 11 is 4.90. The normalized spacial score (nSPS) is 16.0. The van der Waals surface area contributed by atoms with Crippen molar-refractivity contribution in [2.75, 3.05) is 19.0 Å². The van der Waals surface area contributed by atoms with Gasteiger partial charge >= 0.3 is 5.97 Å². The molecule has 0 radical (unpaired) electrons. The van der Waals surface area contributed by atoms with Gasteiger partial charge in [-0.05, 0) is 66.8 Å². The Morgan fingerprint density at radius 1 is 1.30 bits per heavy atom. The molecule has 0 bridgehead atoms. The number of hydrogen-bond donors (Lipinski definition) is 1. The highest BCUT2D eigenvalue weighted by Crippen LogP contribution is 2.44. The first kappa shape index (κ1) is 22.8. The van der Waals surface area contributed by atoms with E-state index in [0.717, 1.165) is 34.9 Å². The molecule has 30 heavy (non-hydrogen) atoms. The number of rotatable bonds is 5. The summed E-state index contributed by atoms with van der Waals surface area (Å²) in [6.45, 7) is 8.55. The maximum absolute atomic E-state index is 12.6. The van der Waals surface area contributed by atoms with Crippen molar-refractivity contribution in [1.29, 1.82) is 0 Å². The molecule has 1 aromatic heterocycles. The number of aryl methyl sites for hydroxylation is 1. The number of anilines is 1. The topological polar surface area (TPSA) is 64.6 Å². The number of amides is 1. The van der Waals surface area contributed by atoms with Gasteiger partial charge in [-0.15, -0.1) is 11.3 Å². The molecule has 1 amide bonds. The standard InChI is InChI=1S/C23H28BrNO4S/c1-13-10-15(24)7-9-17(13)29-12-19(26)25-21-20(22(27)28-5)16-8-6-14(23(2,3)4)11-18(16)30-21/h7,9-10,14H,6,8,11-12H2,1-5H3,(H,25,26). The molecule has 0 aliphatic heterocycles. The Balaban J connectivity index is 1.77. The molecule has 0 spiro atoms. The molecule has 2 aromatic rings. The first-order valence-electron chi connectivity index (χ1n) is 10.0. The van der Waals surface area contributed by atoms with Gasteiger partial charge in [0, 0.05) is 9.35 Å². The lowest BCUT2D eigenvalue weighted by atomic mass is 9.72. The number of halogens is 1. The van der Waals surface area contributed by atoms with E-state index in [4.69, 9.17) is 9.47 Å². The zero-order chi connectivity index (χ0) is 22.1. The molecule has 1 aromatic carbocycles. The summed E-state index contributed by atoms with van der Waals surface area (Å²) in [6, 6.07) is 5.62. The van der Waals surface area contributed by atoms with E-state index in [1.165, 1.54) is 23.3 Å². The minimum Gasteiger partial charge on any atom is -0.483 e. The van der Waals surface area contributed by atoms with E-state index in [1.54, 1.807) is 0 Å². The Bertz CT molecular complexity index is 961. The second kappa shape index (κ2) is 9.10. The average Bonchev–Trinajstić information content (AvgIpc) is 3.02. The van der Waals surface area contributed by atoms with E-state index in [9.17, 15) is 9.59 Å². The van der Waals surface area contributed by atoms with Gasteiger partial charge in [0.25, 0.3) is 5.91 Å². The first-order chi connectivity index (χ1) is 14.1. The zero-order valence-corrected chi connectivity index (χ0v) is 20.5. The number of methoxy groups -OCH3 is 1.